The van der Waals surface area contributed by atoms with Gasteiger partial charge in [0.05, 0.1) is 23.9 Å². The van der Waals surface area contributed by atoms with Gasteiger partial charge in [-0.05, 0) is 19.1 Å². The molecule has 0 unspecified atom stereocenters. The normalized spacial score (nSPS) is 10.3. The molecule has 4 heteroatoms. The molecule has 0 radical (unpaired) electrons. The molecule has 0 saturated carbocycles. The molecule has 0 N–H and O–H groups in total. The lowest BCUT2D eigenvalue weighted by atomic mass is 10.1. The minimum Gasteiger partial charge on any atom is -0.497 e. The first kappa shape index (κ1) is 11.3. The van der Waals surface area contributed by atoms with Crippen LogP contribution in [0, 0.1) is 18.3 Å². The standard InChI is InChI=1S/C13H15N3O/c1-9-12(8-14)11-6-5-10(17-4)7-13(11)16(9)15(2)3/h5-7H,1-4H3. The Bertz CT molecular complexity index is 605. The molecule has 0 fully saturated rings. The molecule has 0 spiro atoms. The zero-order valence-electron chi connectivity index (χ0n) is 10.5. The molecule has 88 valence electrons. The summed E-state index contributed by atoms with van der Waals surface area (Å²) in [6.07, 6.45) is 0. The Morgan fingerprint density at radius 1 is 1.35 bits per heavy atom. The highest BCUT2D eigenvalue weighted by Crippen LogP contribution is 2.28. The van der Waals surface area contributed by atoms with Crippen molar-refractivity contribution in [2.75, 3.05) is 26.2 Å². The molecule has 0 aliphatic rings. The number of fused-ring (bicyclic) bond motifs is 1. The van der Waals surface area contributed by atoms with Crippen molar-refractivity contribution in [2.45, 2.75) is 6.92 Å². The molecular weight excluding hydrogens is 214 g/mol. The molecule has 0 amide bonds. The van der Waals surface area contributed by atoms with Crippen molar-refractivity contribution in [2.24, 2.45) is 0 Å². The zero-order chi connectivity index (χ0) is 12.6. The number of methoxy groups -OCH3 is 1. The fourth-order valence-electron chi connectivity index (χ4n) is 2.16. The molecular formula is C13H15N3O. The summed E-state index contributed by atoms with van der Waals surface area (Å²) in [6.45, 7) is 1.95. The Labute approximate surface area is 101 Å². The number of hydrogen-bond acceptors (Lipinski definition) is 3. The molecule has 2 rings (SSSR count). The van der Waals surface area contributed by atoms with Gasteiger partial charge in [-0.3, -0.25) is 4.68 Å². The summed E-state index contributed by atoms with van der Waals surface area (Å²) < 4.78 is 7.24. The van der Waals surface area contributed by atoms with Crippen molar-refractivity contribution >= 4 is 10.9 Å². The highest BCUT2D eigenvalue weighted by Gasteiger charge is 2.15. The minimum absolute atomic E-state index is 0.719. The Morgan fingerprint density at radius 3 is 2.59 bits per heavy atom. The number of nitrogens with zero attached hydrogens (tertiary/aromatic N) is 3. The van der Waals surface area contributed by atoms with Gasteiger partial charge in [0.2, 0.25) is 0 Å². The van der Waals surface area contributed by atoms with Crippen LogP contribution in [0.2, 0.25) is 0 Å². The number of aromatic nitrogens is 1. The molecule has 0 saturated heterocycles. The van der Waals surface area contributed by atoms with Crippen LogP contribution in [0.3, 0.4) is 0 Å². The monoisotopic (exact) mass is 229 g/mol. The first-order chi connectivity index (χ1) is 8.10. The molecule has 0 atom stereocenters. The summed E-state index contributed by atoms with van der Waals surface area (Å²) in [4.78, 5) is 0. The first-order valence-electron chi connectivity index (χ1n) is 5.37. The van der Waals surface area contributed by atoms with Crippen molar-refractivity contribution in [3.05, 3.63) is 29.5 Å². The summed E-state index contributed by atoms with van der Waals surface area (Å²) in [5, 5.41) is 12.1. The molecule has 0 bridgehead atoms. The van der Waals surface area contributed by atoms with Gasteiger partial charge in [-0.15, -0.1) is 0 Å². The molecule has 1 aromatic carbocycles. The van der Waals surface area contributed by atoms with Crippen LogP contribution in [-0.4, -0.2) is 25.9 Å². The van der Waals surface area contributed by atoms with E-state index in [2.05, 4.69) is 6.07 Å². The van der Waals surface area contributed by atoms with Crippen LogP contribution in [-0.2, 0) is 0 Å². The third kappa shape index (κ3) is 1.60. The van der Waals surface area contributed by atoms with Gasteiger partial charge < -0.3 is 9.75 Å². The molecule has 1 heterocycles. The van der Waals surface area contributed by atoms with E-state index in [-0.39, 0.29) is 0 Å². The van der Waals surface area contributed by atoms with Crippen molar-refractivity contribution in [3.63, 3.8) is 0 Å². The van der Waals surface area contributed by atoms with Crippen LogP contribution < -0.4 is 9.75 Å². The number of benzene rings is 1. The fraction of sp³-hybridized carbons (Fsp3) is 0.308. The van der Waals surface area contributed by atoms with E-state index in [1.807, 2.05) is 48.9 Å². The predicted molar refractivity (Wildman–Crippen MR) is 68.0 cm³/mol. The van der Waals surface area contributed by atoms with Gasteiger partial charge in [-0.2, -0.15) is 5.26 Å². The maximum absolute atomic E-state index is 9.22. The van der Waals surface area contributed by atoms with Gasteiger partial charge in [0.25, 0.3) is 0 Å². The van der Waals surface area contributed by atoms with E-state index < -0.39 is 0 Å². The minimum atomic E-state index is 0.719. The summed E-state index contributed by atoms with van der Waals surface area (Å²) >= 11 is 0. The van der Waals surface area contributed by atoms with Crippen LogP contribution in [0.5, 0.6) is 5.75 Å². The van der Waals surface area contributed by atoms with E-state index in [9.17, 15) is 5.26 Å². The van der Waals surface area contributed by atoms with Crippen LogP contribution in [0.1, 0.15) is 11.3 Å². The van der Waals surface area contributed by atoms with Crippen LogP contribution in [0.25, 0.3) is 10.9 Å². The van der Waals surface area contributed by atoms with Gasteiger partial charge >= 0.3 is 0 Å². The summed E-state index contributed by atoms with van der Waals surface area (Å²) in [5.74, 6) is 0.794. The summed E-state index contributed by atoms with van der Waals surface area (Å²) in [6, 6.07) is 8.02. The Balaban J connectivity index is 2.87. The second-order valence-corrected chi connectivity index (χ2v) is 4.11. The zero-order valence-corrected chi connectivity index (χ0v) is 10.5. The fourth-order valence-corrected chi connectivity index (χ4v) is 2.16. The quantitative estimate of drug-likeness (QED) is 0.791. The van der Waals surface area contributed by atoms with Crippen molar-refractivity contribution in [3.8, 4) is 11.8 Å². The Morgan fingerprint density at radius 2 is 2.06 bits per heavy atom. The lowest BCUT2D eigenvalue weighted by Crippen LogP contribution is -2.25. The van der Waals surface area contributed by atoms with E-state index >= 15 is 0 Å². The maximum Gasteiger partial charge on any atom is 0.121 e. The summed E-state index contributed by atoms with van der Waals surface area (Å²) in [5.41, 5.74) is 2.65. The van der Waals surface area contributed by atoms with Crippen molar-refractivity contribution in [1.82, 2.24) is 4.68 Å². The molecule has 1 aromatic heterocycles. The van der Waals surface area contributed by atoms with E-state index in [0.717, 1.165) is 27.9 Å². The summed E-state index contributed by atoms with van der Waals surface area (Å²) in [7, 11) is 5.54. The van der Waals surface area contributed by atoms with Gasteiger partial charge in [-0.1, -0.05) is 0 Å². The van der Waals surface area contributed by atoms with E-state index in [0.29, 0.717) is 0 Å². The third-order valence-corrected chi connectivity index (χ3v) is 2.89. The smallest absolute Gasteiger partial charge is 0.121 e. The lowest BCUT2D eigenvalue weighted by Gasteiger charge is -2.18. The van der Waals surface area contributed by atoms with Gasteiger partial charge in [0.1, 0.15) is 11.8 Å². The first-order valence-corrected chi connectivity index (χ1v) is 5.37. The topological polar surface area (TPSA) is 41.2 Å². The van der Waals surface area contributed by atoms with Gasteiger partial charge in [0, 0.05) is 25.5 Å². The van der Waals surface area contributed by atoms with Crippen LogP contribution >= 0.6 is 0 Å². The van der Waals surface area contributed by atoms with E-state index in [1.54, 1.807) is 7.11 Å². The van der Waals surface area contributed by atoms with Crippen molar-refractivity contribution in [1.29, 1.82) is 5.26 Å². The SMILES string of the molecule is COc1ccc2c(C#N)c(C)n(N(C)C)c2c1. The molecule has 4 nitrogen and oxygen atoms in total. The second kappa shape index (κ2) is 4.02. The number of rotatable bonds is 2. The predicted octanol–water partition coefficient (Wildman–Crippen LogP) is 2.03. The van der Waals surface area contributed by atoms with Gasteiger partial charge in [-0.25, -0.2) is 0 Å². The third-order valence-electron chi connectivity index (χ3n) is 2.89. The van der Waals surface area contributed by atoms with Gasteiger partial charge in [0.15, 0.2) is 0 Å². The highest BCUT2D eigenvalue weighted by atomic mass is 16.5. The maximum atomic E-state index is 9.22. The highest BCUT2D eigenvalue weighted by molar-refractivity contribution is 5.89. The molecule has 0 aliphatic heterocycles. The largest absolute Gasteiger partial charge is 0.497 e. The van der Waals surface area contributed by atoms with E-state index in [1.165, 1.54) is 0 Å². The molecule has 2 aromatic rings. The average Bonchev–Trinajstić information content (AvgIpc) is 2.59. The lowest BCUT2D eigenvalue weighted by molar-refractivity contribution is 0.415. The van der Waals surface area contributed by atoms with Crippen LogP contribution in [0.4, 0.5) is 0 Å². The number of ether oxygens (including phenoxy) is 1. The second-order valence-electron chi connectivity index (χ2n) is 4.11. The Hall–Kier alpha value is -2.15. The average molecular weight is 229 g/mol. The number of nitriles is 1. The van der Waals surface area contributed by atoms with E-state index in [4.69, 9.17) is 4.74 Å². The Kier molecular flexibility index (Phi) is 2.68. The van der Waals surface area contributed by atoms with Crippen LogP contribution in [0.15, 0.2) is 18.2 Å². The number of hydrogen-bond donors (Lipinski definition) is 0. The molecule has 0 aliphatic carbocycles. The molecule has 17 heavy (non-hydrogen) atoms. The van der Waals surface area contributed by atoms with Crippen molar-refractivity contribution < 1.29 is 4.74 Å².